The zero-order valence-corrected chi connectivity index (χ0v) is 7.67. The van der Waals surface area contributed by atoms with E-state index >= 15 is 0 Å². The number of nitrogens with two attached hydrogens (primary N) is 1. The molecule has 0 aliphatic rings. The van der Waals surface area contributed by atoms with E-state index in [0.717, 1.165) is 5.56 Å². The maximum atomic E-state index is 9.40. The fourth-order valence-electron chi connectivity index (χ4n) is 1.06. The highest BCUT2D eigenvalue weighted by Gasteiger charge is 2.03. The molecule has 0 amide bonds. The number of aromatic hydroxyl groups is 1. The second-order valence-corrected chi connectivity index (χ2v) is 3.39. The molecule has 0 aliphatic heterocycles. The molecule has 0 saturated heterocycles. The van der Waals surface area contributed by atoms with Crippen LogP contribution in [-0.4, -0.2) is 11.1 Å². The number of benzene rings is 1. The smallest absolute Gasteiger partial charge is 0.120 e. The van der Waals surface area contributed by atoms with Crippen molar-refractivity contribution in [3.63, 3.8) is 0 Å². The molecule has 1 rings (SSSR count). The van der Waals surface area contributed by atoms with Gasteiger partial charge in [-0.3, -0.25) is 0 Å². The van der Waals surface area contributed by atoms with Crippen molar-refractivity contribution in [3.05, 3.63) is 28.8 Å². The Hall–Kier alpha value is -0.730. The summed E-state index contributed by atoms with van der Waals surface area (Å²) < 4.78 is 0. The lowest BCUT2D eigenvalue weighted by molar-refractivity contribution is 0.465. The van der Waals surface area contributed by atoms with Gasteiger partial charge in [0.2, 0.25) is 0 Å². The Morgan fingerprint density at radius 2 is 2.25 bits per heavy atom. The maximum absolute atomic E-state index is 9.40. The van der Waals surface area contributed by atoms with Crippen LogP contribution in [0.25, 0.3) is 0 Å². The number of hydrogen-bond donors (Lipinski definition) is 2. The van der Waals surface area contributed by atoms with Gasteiger partial charge in [-0.15, -0.1) is 0 Å². The van der Waals surface area contributed by atoms with Crippen LogP contribution in [-0.2, 0) is 6.42 Å². The maximum Gasteiger partial charge on any atom is 0.120 e. The molecule has 66 valence electrons. The summed E-state index contributed by atoms with van der Waals surface area (Å²) in [6.07, 6.45) is 0.670. The molecule has 0 saturated carbocycles. The molecule has 0 bridgehead atoms. The van der Waals surface area contributed by atoms with E-state index in [1.54, 1.807) is 12.1 Å². The minimum absolute atomic E-state index is 0.0528. The molecule has 0 fully saturated rings. The molecule has 0 aromatic heterocycles. The highest BCUT2D eigenvalue weighted by Crippen LogP contribution is 2.22. The number of phenolic OH excluding ortho intramolecular Hbond substituents is 1. The van der Waals surface area contributed by atoms with Crippen molar-refractivity contribution >= 4 is 11.6 Å². The molecule has 3 N–H and O–H groups in total. The summed E-state index contributed by atoms with van der Waals surface area (Å²) in [5, 5.41) is 9.94. The van der Waals surface area contributed by atoms with Crippen molar-refractivity contribution in [1.82, 2.24) is 0 Å². The van der Waals surface area contributed by atoms with Gasteiger partial charge in [-0.25, -0.2) is 0 Å². The second-order valence-electron chi connectivity index (χ2n) is 2.95. The standard InChI is InChI=1S/C9H12ClNO/c1-6(11)4-7-2-3-8(10)5-9(7)12/h2-3,5-6,12H,4,11H2,1H3/t6-/m0/s1. The summed E-state index contributed by atoms with van der Waals surface area (Å²) in [4.78, 5) is 0. The minimum Gasteiger partial charge on any atom is -0.508 e. The van der Waals surface area contributed by atoms with E-state index in [1.165, 1.54) is 6.07 Å². The predicted octanol–water partition coefficient (Wildman–Crippen LogP) is 1.94. The van der Waals surface area contributed by atoms with Crippen LogP contribution in [0.1, 0.15) is 12.5 Å². The van der Waals surface area contributed by atoms with Crippen molar-refractivity contribution in [2.24, 2.45) is 5.73 Å². The predicted molar refractivity (Wildman–Crippen MR) is 50.5 cm³/mol. The third-order valence-electron chi connectivity index (χ3n) is 1.59. The van der Waals surface area contributed by atoms with E-state index in [2.05, 4.69) is 0 Å². The van der Waals surface area contributed by atoms with Gasteiger partial charge in [-0.2, -0.15) is 0 Å². The first kappa shape index (κ1) is 9.36. The molecule has 0 aliphatic carbocycles. The van der Waals surface area contributed by atoms with E-state index in [-0.39, 0.29) is 11.8 Å². The molecule has 2 nitrogen and oxygen atoms in total. The molecule has 1 aromatic rings. The molecule has 1 aromatic carbocycles. The van der Waals surface area contributed by atoms with E-state index in [4.69, 9.17) is 17.3 Å². The van der Waals surface area contributed by atoms with Gasteiger partial charge in [0.25, 0.3) is 0 Å². The van der Waals surface area contributed by atoms with Gasteiger partial charge in [0.1, 0.15) is 5.75 Å². The third kappa shape index (κ3) is 2.40. The molecule has 12 heavy (non-hydrogen) atoms. The Morgan fingerprint density at radius 1 is 1.58 bits per heavy atom. The summed E-state index contributed by atoms with van der Waals surface area (Å²) in [6.45, 7) is 1.90. The van der Waals surface area contributed by atoms with Crippen LogP contribution >= 0.6 is 11.6 Å². The summed E-state index contributed by atoms with van der Waals surface area (Å²) >= 11 is 5.66. The van der Waals surface area contributed by atoms with E-state index in [1.807, 2.05) is 6.92 Å². The highest BCUT2D eigenvalue weighted by atomic mass is 35.5. The first-order valence-corrected chi connectivity index (χ1v) is 4.20. The van der Waals surface area contributed by atoms with Gasteiger partial charge in [0, 0.05) is 11.1 Å². The van der Waals surface area contributed by atoms with Crippen LogP contribution in [0, 0.1) is 0 Å². The van der Waals surface area contributed by atoms with Crippen LogP contribution < -0.4 is 5.73 Å². The molecule has 0 spiro atoms. The minimum atomic E-state index is 0.0528. The lowest BCUT2D eigenvalue weighted by atomic mass is 10.1. The van der Waals surface area contributed by atoms with Crippen molar-refractivity contribution in [2.45, 2.75) is 19.4 Å². The van der Waals surface area contributed by atoms with Gasteiger partial charge in [-0.1, -0.05) is 17.7 Å². The first-order chi connectivity index (χ1) is 5.59. The second kappa shape index (κ2) is 3.78. The number of halogens is 1. The van der Waals surface area contributed by atoms with E-state index in [0.29, 0.717) is 11.4 Å². The van der Waals surface area contributed by atoms with E-state index in [9.17, 15) is 5.11 Å². The number of phenols is 1. The van der Waals surface area contributed by atoms with Crippen molar-refractivity contribution in [3.8, 4) is 5.75 Å². The van der Waals surface area contributed by atoms with Gasteiger partial charge >= 0.3 is 0 Å². The fraction of sp³-hybridized carbons (Fsp3) is 0.333. The molecule has 0 unspecified atom stereocenters. The Bertz CT molecular complexity index is 273. The van der Waals surface area contributed by atoms with Crippen LogP contribution in [0.15, 0.2) is 18.2 Å². The van der Waals surface area contributed by atoms with Crippen LogP contribution in [0.5, 0.6) is 5.75 Å². The lowest BCUT2D eigenvalue weighted by Gasteiger charge is -2.07. The van der Waals surface area contributed by atoms with Gasteiger partial charge < -0.3 is 10.8 Å². The van der Waals surface area contributed by atoms with Crippen LogP contribution in [0.3, 0.4) is 0 Å². The first-order valence-electron chi connectivity index (χ1n) is 3.82. The lowest BCUT2D eigenvalue weighted by Crippen LogP contribution is -2.17. The zero-order valence-electron chi connectivity index (χ0n) is 6.92. The van der Waals surface area contributed by atoms with Gasteiger partial charge in [-0.05, 0) is 31.0 Å². The Morgan fingerprint density at radius 3 is 2.75 bits per heavy atom. The topological polar surface area (TPSA) is 46.2 Å². The van der Waals surface area contributed by atoms with E-state index < -0.39 is 0 Å². The Balaban J connectivity index is 2.86. The quantitative estimate of drug-likeness (QED) is 0.740. The van der Waals surface area contributed by atoms with Crippen LogP contribution in [0.4, 0.5) is 0 Å². The molecule has 0 heterocycles. The average molecular weight is 186 g/mol. The van der Waals surface area contributed by atoms with Crippen molar-refractivity contribution < 1.29 is 5.11 Å². The highest BCUT2D eigenvalue weighted by molar-refractivity contribution is 6.30. The molecular formula is C9H12ClNO. The van der Waals surface area contributed by atoms with Gasteiger partial charge in [0.05, 0.1) is 0 Å². The van der Waals surface area contributed by atoms with Crippen molar-refractivity contribution in [2.75, 3.05) is 0 Å². The summed E-state index contributed by atoms with van der Waals surface area (Å²) in [6, 6.07) is 5.12. The van der Waals surface area contributed by atoms with Crippen LogP contribution in [0.2, 0.25) is 5.02 Å². The summed E-state index contributed by atoms with van der Waals surface area (Å²) in [5.74, 6) is 0.222. The largest absolute Gasteiger partial charge is 0.508 e. The third-order valence-corrected chi connectivity index (χ3v) is 1.82. The molecule has 3 heteroatoms. The normalized spacial score (nSPS) is 12.9. The zero-order chi connectivity index (χ0) is 9.14. The average Bonchev–Trinajstić information content (AvgIpc) is 1.94. The number of hydrogen-bond acceptors (Lipinski definition) is 2. The monoisotopic (exact) mass is 185 g/mol. The summed E-state index contributed by atoms with van der Waals surface area (Å²) in [5.41, 5.74) is 6.43. The fourth-order valence-corrected chi connectivity index (χ4v) is 1.22. The van der Waals surface area contributed by atoms with Crippen molar-refractivity contribution in [1.29, 1.82) is 0 Å². The summed E-state index contributed by atoms with van der Waals surface area (Å²) in [7, 11) is 0. The number of rotatable bonds is 2. The van der Waals surface area contributed by atoms with Gasteiger partial charge in [0.15, 0.2) is 0 Å². The molecule has 0 radical (unpaired) electrons. The SMILES string of the molecule is C[C@H](N)Cc1ccc(Cl)cc1O. The Kier molecular flexibility index (Phi) is 2.95. The molecular weight excluding hydrogens is 174 g/mol. The molecule has 1 atom stereocenters. The Labute approximate surface area is 77.0 Å².